The number of rotatable bonds is 4. The molecule has 0 saturated carbocycles. The monoisotopic (exact) mass is 1120 g/mol. The number of benzene rings is 14. The zero-order valence-electron chi connectivity index (χ0n) is 42.8. The van der Waals surface area contributed by atoms with Crippen LogP contribution >= 0.6 is 0 Å². The molecule has 2 aromatic heterocycles. The summed E-state index contributed by atoms with van der Waals surface area (Å²) in [4.78, 5) is 0. The van der Waals surface area contributed by atoms with Gasteiger partial charge in [0.1, 0.15) is 0 Å². The first-order valence-electron chi connectivity index (χ1n) is 27.1. The molecule has 14 aromatic carbocycles. The maximum absolute atomic E-state index is 2.57. The van der Waals surface area contributed by atoms with Crippen molar-refractivity contribution in [1.82, 2.24) is 0 Å². The van der Waals surface area contributed by atoms with Crippen LogP contribution in [0.3, 0.4) is 0 Å². The van der Waals surface area contributed by atoms with Crippen molar-refractivity contribution in [3.8, 4) is 89.0 Å². The van der Waals surface area contributed by atoms with Gasteiger partial charge in [0.05, 0.1) is 0 Å². The molecule has 0 unspecified atom stereocenters. The molecule has 0 radical (unpaired) electrons. The maximum atomic E-state index is 2.57. The van der Waals surface area contributed by atoms with Crippen LogP contribution in [0.5, 0.6) is 0 Å². The molecule has 0 saturated heterocycles. The molecule has 360 valence electrons. The van der Waals surface area contributed by atoms with Crippen molar-refractivity contribution in [3.05, 3.63) is 242 Å². The molecule has 0 spiro atoms. The molecule has 2 heterocycles. The van der Waals surface area contributed by atoms with Crippen LogP contribution in [0.15, 0.2) is 231 Å². The van der Waals surface area contributed by atoms with E-state index in [0.29, 0.717) is 29.0 Å². The van der Waals surface area contributed by atoms with E-state index in [9.17, 15) is 0 Å². The second-order valence-electron chi connectivity index (χ2n) is 21.8. The summed E-state index contributed by atoms with van der Waals surface area (Å²) in [5.41, 5.74) is 23.5. The van der Waals surface area contributed by atoms with Crippen LogP contribution in [0.25, 0.3) is 181 Å². The van der Waals surface area contributed by atoms with E-state index < -0.39 is 0 Å². The molecule has 16 aromatic rings. The molecule has 2 heteroatoms. The van der Waals surface area contributed by atoms with E-state index in [0.717, 1.165) is 0 Å². The first-order valence-corrected chi connectivity index (χ1v) is 30.6. The molecule has 2 aliphatic rings. The molecule has 18 rings (SSSR count). The molecule has 78 heavy (non-hydrogen) atoms. The Morgan fingerprint density at radius 3 is 0.923 bits per heavy atom. The average Bonchev–Trinajstić information content (AvgIpc) is 4.34. The van der Waals surface area contributed by atoms with Gasteiger partial charge in [-0.2, -0.15) is 0 Å². The van der Waals surface area contributed by atoms with E-state index in [4.69, 9.17) is 0 Å². The Hall–Kier alpha value is -8.58. The van der Waals surface area contributed by atoms with Gasteiger partial charge in [0.2, 0.25) is 0 Å². The van der Waals surface area contributed by atoms with Gasteiger partial charge < -0.3 is 0 Å². The zero-order valence-corrected chi connectivity index (χ0v) is 46.2. The molecule has 0 nitrogen and oxygen atoms in total. The first-order chi connectivity index (χ1) is 38.5. The van der Waals surface area contributed by atoms with Crippen molar-refractivity contribution in [2.24, 2.45) is 0 Å². The van der Waals surface area contributed by atoms with Crippen LogP contribution in [-0.2, 0) is 0 Å². The summed E-state index contributed by atoms with van der Waals surface area (Å²) in [6.07, 6.45) is 0. The van der Waals surface area contributed by atoms with Gasteiger partial charge in [-0.3, -0.25) is 0 Å². The van der Waals surface area contributed by atoms with Crippen molar-refractivity contribution >= 4 is 121 Å². The van der Waals surface area contributed by atoms with Gasteiger partial charge in [-0.1, -0.05) is 48.5 Å². The summed E-state index contributed by atoms with van der Waals surface area (Å²) in [5, 5.41) is 18.7. The molecular weight excluding hydrogens is 1070 g/mol. The van der Waals surface area contributed by atoms with Crippen LogP contribution in [0.2, 0.25) is 0 Å². The van der Waals surface area contributed by atoms with Crippen molar-refractivity contribution in [3.63, 3.8) is 0 Å². The SMILES string of the molecule is Cc1ccccc1-c1cc2c3cc4c(cc3c(-c3ccccc3C)cc2c2cc3c(cc12)-c1cccc2c(-c5cccc6[se]c7ccccc7c56)ccc-3c12)-c1cccc2c(-c3cccc5[se]c6ccccc6c35)ccc-4c12. The zero-order chi connectivity index (χ0) is 51.1. The second-order valence-corrected chi connectivity index (χ2v) is 26.3. The van der Waals surface area contributed by atoms with E-state index in [1.165, 1.54) is 193 Å². The summed E-state index contributed by atoms with van der Waals surface area (Å²) in [5.74, 6) is 0. The fourth-order valence-electron chi connectivity index (χ4n) is 14.4. The molecule has 0 atom stereocenters. The fraction of sp³-hybridized carbons (Fsp3) is 0.0263. The minimum atomic E-state index is 0.301. The normalized spacial score (nSPS) is 12.5. The van der Waals surface area contributed by atoms with Gasteiger partial charge in [0.15, 0.2) is 0 Å². The molecule has 0 N–H and O–H groups in total. The van der Waals surface area contributed by atoms with Crippen LogP contribution in [0.4, 0.5) is 0 Å². The minimum absolute atomic E-state index is 0.301. The Morgan fingerprint density at radius 1 is 0.179 bits per heavy atom. The van der Waals surface area contributed by atoms with Crippen LogP contribution < -0.4 is 0 Å². The standard InChI is InChI=1S/C76H44Se2/c1-41-15-3-5-17-43(41)57-35-65-66(67-39-61-53-33-31-45(47-21-11-23-51(73(47)53)59(61)37-63(57)67)49-25-13-29-71-75(49)55-19-7-9-27-69(55)77-71)36-58(44-18-6-4-16-42(44)2)64-38-60-52-24-12-22-48-46(32-34-54(74(48)52)62(60)40-68(64)65)50-26-14-30-72-76(50)56-20-8-10-28-70(56)78-72/h3-40H,1-2H3. The van der Waals surface area contributed by atoms with Gasteiger partial charge in [-0.15, -0.1) is 0 Å². The summed E-state index contributed by atoms with van der Waals surface area (Å²) >= 11 is 0.603. The van der Waals surface area contributed by atoms with E-state index in [2.05, 4.69) is 244 Å². The number of fused-ring (bicyclic) bond motifs is 17. The van der Waals surface area contributed by atoms with Crippen molar-refractivity contribution < 1.29 is 0 Å². The Morgan fingerprint density at radius 2 is 0.474 bits per heavy atom. The third-order valence-corrected chi connectivity index (χ3v) is 22.6. The predicted molar refractivity (Wildman–Crippen MR) is 338 cm³/mol. The first kappa shape index (κ1) is 43.5. The van der Waals surface area contributed by atoms with Gasteiger partial charge >= 0.3 is 392 Å². The Balaban J connectivity index is 0.915. The molecular formula is C76H44Se2. The number of hydrogen-bond acceptors (Lipinski definition) is 0. The Labute approximate surface area is 462 Å². The van der Waals surface area contributed by atoms with E-state index >= 15 is 0 Å². The third-order valence-electron chi connectivity index (χ3n) is 17.8. The third kappa shape index (κ3) is 5.85. The number of hydrogen-bond donors (Lipinski definition) is 0. The molecule has 0 aliphatic heterocycles. The molecule has 0 bridgehead atoms. The van der Waals surface area contributed by atoms with Crippen molar-refractivity contribution in [1.29, 1.82) is 0 Å². The summed E-state index contributed by atoms with van der Waals surface area (Å²) in [7, 11) is 0. The van der Waals surface area contributed by atoms with Gasteiger partial charge in [-0.25, -0.2) is 0 Å². The molecule has 0 fully saturated rings. The summed E-state index contributed by atoms with van der Waals surface area (Å²) < 4.78 is 5.91. The predicted octanol–water partition coefficient (Wildman–Crippen LogP) is 20.8. The van der Waals surface area contributed by atoms with Gasteiger partial charge in [0.25, 0.3) is 0 Å². The summed E-state index contributed by atoms with van der Waals surface area (Å²) in [6, 6.07) is 89.2. The molecule has 2 aliphatic carbocycles. The van der Waals surface area contributed by atoms with E-state index in [1.807, 2.05) is 0 Å². The fourth-order valence-corrected chi connectivity index (χ4v) is 19.2. The molecule has 0 amide bonds. The topological polar surface area (TPSA) is 0 Å². The van der Waals surface area contributed by atoms with Gasteiger partial charge in [0, 0.05) is 0 Å². The number of aryl methyl sites for hydroxylation is 2. The van der Waals surface area contributed by atoms with Crippen LogP contribution in [0, 0.1) is 13.8 Å². The summed E-state index contributed by atoms with van der Waals surface area (Å²) in [6.45, 7) is 4.55. The Kier molecular flexibility index (Phi) is 8.93. The van der Waals surface area contributed by atoms with E-state index in [1.54, 1.807) is 0 Å². The second kappa shape index (κ2) is 16.0. The van der Waals surface area contributed by atoms with E-state index in [-0.39, 0.29) is 0 Å². The van der Waals surface area contributed by atoms with Crippen LogP contribution in [0.1, 0.15) is 11.1 Å². The average molecular weight is 1120 g/mol. The van der Waals surface area contributed by atoms with Gasteiger partial charge in [-0.05, 0) is 25.0 Å². The van der Waals surface area contributed by atoms with Crippen LogP contribution in [-0.4, -0.2) is 29.0 Å². The van der Waals surface area contributed by atoms with Crippen molar-refractivity contribution in [2.75, 3.05) is 0 Å². The Bertz CT molecular complexity index is 5070. The quantitative estimate of drug-likeness (QED) is 0.122. The van der Waals surface area contributed by atoms with Crippen molar-refractivity contribution in [2.45, 2.75) is 13.8 Å².